The van der Waals surface area contributed by atoms with Gasteiger partial charge < -0.3 is 9.40 Å². The maximum atomic E-state index is 5.76. The molecule has 0 aliphatic rings. The van der Waals surface area contributed by atoms with Crippen molar-refractivity contribution in [2.24, 2.45) is 0 Å². The van der Waals surface area contributed by atoms with Crippen LogP contribution in [0, 0.1) is 13.8 Å². The first kappa shape index (κ1) is 15.0. The first-order chi connectivity index (χ1) is 11.7. The van der Waals surface area contributed by atoms with Crippen molar-refractivity contribution in [1.29, 1.82) is 0 Å². The first-order valence-corrected chi connectivity index (χ1v) is 8.65. The summed E-state index contributed by atoms with van der Waals surface area (Å²) in [4.78, 5) is 7.84. The van der Waals surface area contributed by atoms with E-state index in [2.05, 4.69) is 46.1 Å². The lowest BCUT2D eigenvalue weighted by atomic mass is 10.1. The summed E-state index contributed by atoms with van der Waals surface area (Å²) in [5, 5.41) is 8.81. The highest BCUT2D eigenvalue weighted by Crippen LogP contribution is 2.26. The topological polar surface area (TPSA) is 67.6 Å². The van der Waals surface area contributed by atoms with Crippen LogP contribution in [0.4, 0.5) is 0 Å². The Hall–Kier alpha value is -2.60. The van der Waals surface area contributed by atoms with E-state index in [-0.39, 0.29) is 0 Å². The third-order valence-corrected chi connectivity index (χ3v) is 4.76. The Morgan fingerprint density at radius 3 is 2.75 bits per heavy atom. The zero-order valence-electron chi connectivity index (χ0n) is 13.4. The molecule has 1 N–H and O–H groups in total. The SMILES string of the molecule is Cc1ccc(-c2nnc(SCc3nc4ccccc4[nH]3)o2)cc1C. The van der Waals surface area contributed by atoms with Gasteiger partial charge in [0.1, 0.15) is 5.82 Å². The number of aromatic nitrogens is 4. The number of hydrogen-bond acceptors (Lipinski definition) is 5. The summed E-state index contributed by atoms with van der Waals surface area (Å²) >= 11 is 1.48. The fourth-order valence-electron chi connectivity index (χ4n) is 2.46. The van der Waals surface area contributed by atoms with Gasteiger partial charge in [0, 0.05) is 5.56 Å². The molecule has 0 aliphatic heterocycles. The van der Waals surface area contributed by atoms with E-state index in [1.807, 2.05) is 30.3 Å². The molecule has 4 aromatic rings. The van der Waals surface area contributed by atoms with Gasteiger partial charge in [-0.3, -0.25) is 0 Å². The number of para-hydroxylation sites is 2. The lowest BCUT2D eigenvalue weighted by Crippen LogP contribution is -1.83. The van der Waals surface area contributed by atoms with E-state index in [9.17, 15) is 0 Å². The van der Waals surface area contributed by atoms with Crippen LogP contribution in [0.25, 0.3) is 22.5 Å². The van der Waals surface area contributed by atoms with Crippen LogP contribution in [0.2, 0.25) is 0 Å². The monoisotopic (exact) mass is 336 g/mol. The molecular weight excluding hydrogens is 320 g/mol. The largest absolute Gasteiger partial charge is 0.411 e. The molecule has 2 aromatic heterocycles. The molecule has 120 valence electrons. The number of aryl methyl sites for hydroxylation is 2. The molecule has 0 aliphatic carbocycles. The fraction of sp³-hybridized carbons (Fsp3) is 0.167. The van der Waals surface area contributed by atoms with E-state index in [1.54, 1.807) is 0 Å². The van der Waals surface area contributed by atoms with E-state index in [0.717, 1.165) is 22.4 Å². The molecule has 0 saturated carbocycles. The summed E-state index contributed by atoms with van der Waals surface area (Å²) in [6.45, 7) is 4.16. The Balaban J connectivity index is 1.49. The zero-order chi connectivity index (χ0) is 16.5. The van der Waals surface area contributed by atoms with Crippen LogP contribution in [0.1, 0.15) is 17.0 Å². The number of rotatable bonds is 4. The number of aromatic amines is 1. The van der Waals surface area contributed by atoms with Crippen LogP contribution in [0.3, 0.4) is 0 Å². The molecular formula is C18H16N4OS. The van der Waals surface area contributed by atoms with Crippen molar-refractivity contribution in [3.05, 3.63) is 59.4 Å². The number of fused-ring (bicyclic) bond motifs is 1. The highest BCUT2D eigenvalue weighted by molar-refractivity contribution is 7.98. The molecule has 0 amide bonds. The van der Waals surface area contributed by atoms with Gasteiger partial charge in [0.25, 0.3) is 5.22 Å². The lowest BCUT2D eigenvalue weighted by molar-refractivity contribution is 0.465. The first-order valence-electron chi connectivity index (χ1n) is 7.66. The maximum Gasteiger partial charge on any atom is 0.277 e. The van der Waals surface area contributed by atoms with Gasteiger partial charge in [0.15, 0.2) is 0 Å². The fourth-order valence-corrected chi connectivity index (χ4v) is 3.10. The van der Waals surface area contributed by atoms with Crippen LogP contribution in [-0.4, -0.2) is 20.2 Å². The molecule has 0 radical (unpaired) electrons. The quantitative estimate of drug-likeness (QED) is 0.555. The van der Waals surface area contributed by atoms with Gasteiger partial charge in [0.05, 0.1) is 16.8 Å². The minimum atomic E-state index is 0.545. The molecule has 0 unspecified atom stereocenters. The second-order valence-corrected chi connectivity index (χ2v) is 6.59. The Bertz CT molecular complexity index is 972. The Kier molecular flexibility index (Phi) is 3.82. The summed E-state index contributed by atoms with van der Waals surface area (Å²) in [7, 11) is 0. The standard InChI is InChI=1S/C18H16N4OS/c1-11-7-8-13(9-12(11)2)17-21-22-18(23-17)24-10-16-19-14-5-3-4-6-15(14)20-16/h3-9H,10H2,1-2H3,(H,19,20). The van der Waals surface area contributed by atoms with Crippen LogP contribution in [-0.2, 0) is 5.75 Å². The van der Waals surface area contributed by atoms with Gasteiger partial charge >= 0.3 is 0 Å². The maximum absolute atomic E-state index is 5.76. The minimum Gasteiger partial charge on any atom is -0.411 e. The predicted molar refractivity (Wildman–Crippen MR) is 94.9 cm³/mol. The molecule has 6 heteroatoms. The second-order valence-electron chi connectivity index (χ2n) is 5.66. The Morgan fingerprint density at radius 1 is 1.04 bits per heavy atom. The van der Waals surface area contributed by atoms with Crippen molar-refractivity contribution in [2.45, 2.75) is 24.8 Å². The number of benzene rings is 2. The normalized spacial score (nSPS) is 11.2. The van der Waals surface area contributed by atoms with Gasteiger partial charge in [-0.15, -0.1) is 10.2 Å². The highest BCUT2D eigenvalue weighted by Gasteiger charge is 2.11. The van der Waals surface area contributed by atoms with E-state index in [0.29, 0.717) is 16.9 Å². The van der Waals surface area contributed by atoms with Crippen molar-refractivity contribution in [1.82, 2.24) is 20.2 Å². The van der Waals surface area contributed by atoms with Crippen molar-refractivity contribution in [2.75, 3.05) is 0 Å². The van der Waals surface area contributed by atoms with Crippen LogP contribution in [0.15, 0.2) is 52.1 Å². The number of hydrogen-bond donors (Lipinski definition) is 1. The predicted octanol–water partition coefficient (Wildman–Crippen LogP) is 4.52. The van der Waals surface area contributed by atoms with Gasteiger partial charge in [-0.05, 0) is 49.2 Å². The number of nitrogens with zero attached hydrogens (tertiary/aromatic N) is 3. The molecule has 5 nitrogen and oxygen atoms in total. The van der Waals surface area contributed by atoms with Crippen molar-refractivity contribution < 1.29 is 4.42 Å². The summed E-state index contributed by atoms with van der Waals surface area (Å²) in [5.74, 6) is 2.10. The molecule has 0 atom stereocenters. The number of imidazole rings is 1. The van der Waals surface area contributed by atoms with Gasteiger partial charge in [-0.25, -0.2) is 4.98 Å². The smallest absolute Gasteiger partial charge is 0.277 e. The average Bonchev–Trinajstić information content (AvgIpc) is 3.21. The Morgan fingerprint density at radius 2 is 1.92 bits per heavy atom. The van der Waals surface area contributed by atoms with Crippen molar-refractivity contribution in [3.63, 3.8) is 0 Å². The minimum absolute atomic E-state index is 0.545. The molecule has 2 aromatic carbocycles. The second kappa shape index (κ2) is 6.13. The summed E-state index contributed by atoms with van der Waals surface area (Å²) in [6, 6.07) is 14.1. The molecule has 4 rings (SSSR count). The van der Waals surface area contributed by atoms with Crippen LogP contribution < -0.4 is 0 Å². The molecule has 0 fully saturated rings. The lowest BCUT2D eigenvalue weighted by Gasteiger charge is -2.00. The third kappa shape index (κ3) is 2.92. The number of nitrogens with one attached hydrogen (secondary N) is 1. The summed E-state index contributed by atoms with van der Waals surface area (Å²) < 4.78 is 5.76. The molecule has 24 heavy (non-hydrogen) atoms. The zero-order valence-corrected chi connectivity index (χ0v) is 14.2. The molecule has 0 saturated heterocycles. The van der Waals surface area contributed by atoms with Gasteiger partial charge in [0.2, 0.25) is 5.89 Å². The molecule has 0 bridgehead atoms. The van der Waals surface area contributed by atoms with Crippen LogP contribution in [0.5, 0.6) is 0 Å². The average molecular weight is 336 g/mol. The Labute approximate surface area is 143 Å². The van der Waals surface area contributed by atoms with E-state index < -0.39 is 0 Å². The van der Waals surface area contributed by atoms with Gasteiger partial charge in [-0.1, -0.05) is 30.0 Å². The summed E-state index contributed by atoms with van der Waals surface area (Å²) in [5.41, 5.74) is 5.41. The van der Waals surface area contributed by atoms with Crippen molar-refractivity contribution >= 4 is 22.8 Å². The molecule has 0 spiro atoms. The van der Waals surface area contributed by atoms with Gasteiger partial charge in [-0.2, -0.15) is 0 Å². The van der Waals surface area contributed by atoms with E-state index >= 15 is 0 Å². The van der Waals surface area contributed by atoms with Crippen molar-refractivity contribution in [3.8, 4) is 11.5 Å². The third-order valence-electron chi connectivity index (χ3n) is 3.93. The van der Waals surface area contributed by atoms with E-state index in [4.69, 9.17) is 4.42 Å². The molecule has 2 heterocycles. The summed E-state index contributed by atoms with van der Waals surface area (Å²) in [6.07, 6.45) is 0. The van der Waals surface area contributed by atoms with E-state index in [1.165, 1.54) is 22.9 Å². The number of thioether (sulfide) groups is 1. The highest BCUT2D eigenvalue weighted by atomic mass is 32.2. The van der Waals surface area contributed by atoms with Crippen LogP contribution >= 0.6 is 11.8 Å². The number of H-pyrrole nitrogens is 1.